The van der Waals surface area contributed by atoms with E-state index in [0.717, 1.165) is 29.7 Å². The quantitative estimate of drug-likeness (QED) is 0.773. The summed E-state index contributed by atoms with van der Waals surface area (Å²) in [7, 11) is 0. The lowest BCUT2D eigenvalue weighted by atomic mass is 9.95. The summed E-state index contributed by atoms with van der Waals surface area (Å²) in [4.78, 5) is 11.7. The lowest BCUT2D eigenvalue weighted by Crippen LogP contribution is -2.35. The van der Waals surface area contributed by atoms with Gasteiger partial charge in [-0.1, -0.05) is 32.4 Å². The van der Waals surface area contributed by atoms with Crippen molar-refractivity contribution < 1.29 is 0 Å². The fraction of sp³-hybridized carbons (Fsp3) is 0.750. The molecule has 0 unspecified atom stereocenters. The summed E-state index contributed by atoms with van der Waals surface area (Å²) in [6.07, 6.45) is 2.68. The highest BCUT2D eigenvalue weighted by molar-refractivity contribution is 6.30. The van der Waals surface area contributed by atoms with Crippen molar-refractivity contribution in [2.45, 2.75) is 65.8 Å². The molecule has 1 saturated carbocycles. The molecule has 0 aromatic carbocycles. The lowest BCUT2D eigenvalue weighted by Gasteiger charge is -2.31. The second-order valence-corrected chi connectivity index (χ2v) is 7.58. The average molecular weight is 296 g/mol. The summed E-state index contributed by atoms with van der Waals surface area (Å²) in [5, 5.41) is 0.585. The fourth-order valence-corrected chi connectivity index (χ4v) is 2.38. The van der Waals surface area contributed by atoms with E-state index in [1.165, 1.54) is 12.8 Å². The maximum atomic E-state index is 6.35. The summed E-state index contributed by atoms with van der Waals surface area (Å²) in [5.74, 6) is 2.66. The van der Waals surface area contributed by atoms with Crippen molar-refractivity contribution in [1.29, 1.82) is 0 Å². The first-order valence-corrected chi connectivity index (χ1v) is 7.89. The van der Waals surface area contributed by atoms with E-state index in [4.69, 9.17) is 16.6 Å². The maximum absolute atomic E-state index is 6.35. The highest BCUT2D eigenvalue weighted by Gasteiger charge is 2.29. The molecule has 0 aliphatic heterocycles. The van der Waals surface area contributed by atoms with E-state index >= 15 is 0 Å². The maximum Gasteiger partial charge on any atom is 0.137 e. The summed E-state index contributed by atoms with van der Waals surface area (Å²) in [6, 6.07) is 0.424. The molecule has 3 nitrogen and oxygen atoms in total. The van der Waals surface area contributed by atoms with Gasteiger partial charge in [-0.15, -0.1) is 0 Å². The summed E-state index contributed by atoms with van der Waals surface area (Å²) in [5.41, 5.74) is 0.905. The van der Waals surface area contributed by atoms with Gasteiger partial charge in [-0.05, 0) is 39.5 Å². The smallest absolute Gasteiger partial charge is 0.137 e. The van der Waals surface area contributed by atoms with Gasteiger partial charge in [0.05, 0.1) is 0 Å². The van der Waals surface area contributed by atoms with Crippen LogP contribution in [0.2, 0.25) is 5.15 Å². The molecule has 1 fully saturated rings. The van der Waals surface area contributed by atoms with Crippen LogP contribution in [0.25, 0.3) is 0 Å². The molecule has 1 aromatic heterocycles. The fourth-order valence-electron chi connectivity index (χ4n) is 2.21. The molecule has 112 valence electrons. The first-order chi connectivity index (χ1) is 9.20. The van der Waals surface area contributed by atoms with Gasteiger partial charge in [0.25, 0.3) is 0 Å². The van der Waals surface area contributed by atoms with Crippen LogP contribution in [0, 0.1) is 12.8 Å². The molecule has 2 rings (SSSR count). The molecule has 1 aliphatic carbocycles. The molecule has 1 aliphatic rings. The summed E-state index contributed by atoms with van der Waals surface area (Å²) >= 11 is 6.35. The Balaban J connectivity index is 2.43. The molecule has 1 aromatic rings. The molecular formula is C16H26ClN3. The normalized spacial score (nSPS) is 15.8. The van der Waals surface area contributed by atoms with Gasteiger partial charge in [0, 0.05) is 23.6 Å². The van der Waals surface area contributed by atoms with E-state index in [0.29, 0.717) is 11.2 Å². The van der Waals surface area contributed by atoms with E-state index in [-0.39, 0.29) is 5.41 Å². The minimum Gasteiger partial charge on any atom is -0.354 e. The number of nitrogens with zero attached hydrogens (tertiary/aromatic N) is 3. The summed E-state index contributed by atoms with van der Waals surface area (Å²) < 4.78 is 0. The molecule has 4 heteroatoms. The molecule has 0 amide bonds. The molecule has 0 N–H and O–H groups in total. The van der Waals surface area contributed by atoms with Gasteiger partial charge < -0.3 is 4.90 Å². The third-order valence-corrected chi connectivity index (χ3v) is 4.15. The molecule has 1 heterocycles. The van der Waals surface area contributed by atoms with E-state index in [1.807, 2.05) is 6.92 Å². The van der Waals surface area contributed by atoms with Gasteiger partial charge in [-0.25, -0.2) is 9.97 Å². The average Bonchev–Trinajstić information content (AvgIpc) is 3.12. The van der Waals surface area contributed by atoms with Crippen LogP contribution in [0.5, 0.6) is 0 Å². The topological polar surface area (TPSA) is 29.0 Å². The monoisotopic (exact) mass is 295 g/mol. The van der Waals surface area contributed by atoms with Crippen molar-refractivity contribution >= 4 is 17.4 Å². The van der Waals surface area contributed by atoms with Gasteiger partial charge in [0.1, 0.15) is 16.8 Å². The molecule has 0 radical (unpaired) electrons. The van der Waals surface area contributed by atoms with Crippen LogP contribution in [-0.4, -0.2) is 22.6 Å². The van der Waals surface area contributed by atoms with Crippen LogP contribution in [0.4, 0.5) is 5.82 Å². The molecule has 0 saturated heterocycles. The van der Waals surface area contributed by atoms with E-state index in [9.17, 15) is 0 Å². The van der Waals surface area contributed by atoms with Gasteiger partial charge in [0.15, 0.2) is 0 Å². The van der Waals surface area contributed by atoms with Gasteiger partial charge >= 0.3 is 0 Å². The third-order valence-electron chi connectivity index (χ3n) is 3.78. The minimum atomic E-state index is -0.0890. The zero-order valence-electron chi connectivity index (χ0n) is 13.5. The molecule has 0 atom stereocenters. The zero-order chi connectivity index (χ0) is 15.1. The van der Waals surface area contributed by atoms with E-state index < -0.39 is 0 Å². The van der Waals surface area contributed by atoms with Gasteiger partial charge in [0.2, 0.25) is 0 Å². The second kappa shape index (κ2) is 5.51. The first-order valence-electron chi connectivity index (χ1n) is 7.51. The number of anilines is 1. The van der Waals surface area contributed by atoms with Crippen LogP contribution in [-0.2, 0) is 5.41 Å². The van der Waals surface area contributed by atoms with Crippen LogP contribution in [0.15, 0.2) is 0 Å². The molecule has 0 spiro atoms. The summed E-state index contributed by atoms with van der Waals surface area (Å²) in [6.45, 7) is 13.9. The van der Waals surface area contributed by atoms with Crippen LogP contribution in [0.3, 0.4) is 0 Å². The van der Waals surface area contributed by atoms with Gasteiger partial charge in [-0.2, -0.15) is 0 Å². The Labute approximate surface area is 127 Å². The Morgan fingerprint density at radius 1 is 1.25 bits per heavy atom. The third kappa shape index (κ3) is 3.43. The Hall–Kier alpha value is -0.830. The van der Waals surface area contributed by atoms with Crippen molar-refractivity contribution in [3.63, 3.8) is 0 Å². The molecule has 20 heavy (non-hydrogen) atoms. The number of hydrogen-bond donors (Lipinski definition) is 0. The predicted molar refractivity (Wildman–Crippen MR) is 85.7 cm³/mol. The van der Waals surface area contributed by atoms with Crippen LogP contribution < -0.4 is 4.90 Å². The standard InChI is InChI=1S/C16H26ClN3/c1-10(2)20(9-12-7-8-12)14-11(3)13(17)18-15(19-14)16(4,5)6/h10,12H,7-9H2,1-6H3. The van der Waals surface area contributed by atoms with Crippen molar-refractivity contribution in [3.05, 3.63) is 16.5 Å². The minimum absolute atomic E-state index is 0.0890. The van der Waals surface area contributed by atoms with Crippen molar-refractivity contribution in [2.75, 3.05) is 11.4 Å². The van der Waals surface area contributed by atoms with Gasteiger partial charge in [-0.3, -0.25) is 0 Å². The van der Waals surface area contributed by atoms with E-state index in [2.05, 4.69) is 44.5 Å². The molecular weight excluding hydrogens is 270 g/mol. The van der Waals surface area contributed by atoms with Crippen LogP contribution >= 0.6 is 11.6 Å². The Morgan fingerprint density at radius 2 is 1.85 bits per heavy atom. The van der Waals surface area contributed by atoms with Crippen LogP contribution in [0.1, 0.15) is 58.8 Å². The Kier molecular flexibility index (Phi) is 4.29. The van der Waals surface area contributed by atoms with E-state index in [1.54, 1.807) is 0 Å². The zero-order valence-corrected chi connectivity index (χ0v) is 14.3. The number of aromatic nitrogens is 2. The number of halogens is 1. The lowest BCUT2D eigenvalue weighted by molar-refractivity contribution is 0.539. The Morgan fingerprint density at radius 3 is 2.30 bits per heavy atom. The number of hydrogen-bond acceptors (Lipinski definition) is 3. The largest absolute Gasteiger partial charge is 0.354 e. The van der Waals surface area contributed by atoms with Crippen molar-refractivity contribution in [2.24, 2.45) is 5.92 Å². The highest BCUT2D eigenvalue weighted by Crippen LogP contribution is 2.34. The second-order valence-electron chi connectivity index (χ2n) is 7.23. The molecule has 0 bridgehead atoms. The SMILES string of the molecule is Cc1c(Cl)nc(C(C)(C)C)nc1N(CC1CC1)C(C)C. The number of rotatable bonds is 4. The first kappa shape index (κ1) is 15.6. The highest BCUT2D eigenvalue weighted by atomic mass is 35.5. The Bertz CT molecular complexity index is 487. The van der Waals surface area contributed by atoms with Crippen molar-refractivity contribution in [3.8, 4) is 0 Å². The van der Waals surface area contributed by atoms with Crippen molar-refractivity contribution in [1.82, 2.24) is 9.97 Å². The predicted octanol–water partition coefficient (Wildman–Crippen LogP) is 4.36.